The van der Waals surface area contributed by atoms with Crippen molar-refractivity contribution in [1.29, 1.82) is 0 Å². The molecule has 198 valence electrons. The molecule has 2 heterocycles. The van der Waals surface area contributed by atoms with Gasteiger partial charge in [-0.1, -0.05) is 74.0 Å². The highest BCUT2D eigenvalue weighted by Gasteiger charge is 2.58. The van der Waals surface area contributed by atoms with Gasteiger partial charge in [-0.3, -0.25) is 14.6 Å². The molecule has 1 amide bonds. The van der Waals surface area contributed by atoms with Crippen molar-refractivity contribution in [3.05, 3.63) is 71.8 Å². The monoisotopic (exact) mass is 499 g/mol. The molecule has 3 saturated carbocycles. The molecule has 4 heteroatoms. The minimum absolute atomic E-state index is 0.152. The van der Waals surface area contributed by atoms with Gasteiger partial charge in [-0.15, -0.1) is 0 Å². The molecule has 3 aliphatic carbocycles. The molecule has 37 heavy (non-hydrogen) atoms. The molecule has 3 atom stereocenters. The predicted octanol–water partition coefficient (Wildman–Crippen LogP) is 5.81. The van der Waals surface area contributed by atoms with Gasteiger partial charge >= 0.3 is 0 Å². The minimum Gasteiger partial charge on any atom is -0.352 e. The Labute approximate surface area is 223 Å². The van der Waals surface area contributed by atoms with E-state index in [4.69, 9.17) is 0 Å². The number of hydrogen-bond acceptors (Lipinski definition) is 3. The van der Waals surface area contributed by atoms with Crippen molar-refractivity contribution in [1.82, 2.24) is 15.1 Å². The van der Waals surface area contributed by atoms with Crippen LogP contribution >= 0.6 is 0 Å². The zero-order valence-corrected chi connectivity index (χ0v) is 22.7. The van der Waals surface area contributed by atoms with Crippen molar-refractivity contribution >= 4 is 5.91 Å². The summed E-state index contributed by atoms with van der Waals surface area (Å²) in [6.07, 6.45) is 9.88. The van der Waals surface area contributed by atoms with Crippen LogP contribution in [0.5, 0.6) is 0 Å². The average molecular weight is 500 g/mol. The van der Waals surface area contributed by atoms with E-state index in [-0.39, 0.29) is 17.5 Å². The second-order valence-electron chi connectivity index (χ2n) is 12.6. The number of rotatable bonds is 6. The second kappa shape index (κ2) is 10.9. The second-order valence-corrected chi connectivity index (χ2v) is 12.6. The van der Waals surface area contributed by atoms with E-state index in [1.54, 1.807) is 0 Å². The first kappa shape index (κ1) is 25.1. The number of carbonyl (C=O) groups excluding carboxylic acids is 1. The molecule has 7 rings (SSSR count). The lowest BCUT2D eigenvalue weighted by atomic mass is 9.50. The van der Waals surface area contributed by atoms with Crippen LogP contribution in [0.25, 0.3) is 0 Å². The lowest BCUT2D eigenvalue weighted by molar-refractivity contribution is -0.126. The van der Waals surface area contributed by atoms with E-state index in [0.29, 0.717) is 24.3 Å². The summed E-state index contributed by atoms with van der Waals surface area (Å²) in [5.41, 5.74) is 3.06. The van der Waals surface area contributed by atoms with Gasteiger partial charge in [0.15, 0.2) is 0 Å². The van der Waals surface area contributed by atoms with Gasteiger partial charge in [0.05, 0.1) is 6.54 Å². The van der Waals surface area contributed by atoms with E-state index in [0.717, 1.165) is 25.4 Å². The Morgan fingerprint density at radius 3 is 1.95 bits per heavy atom. The Morgan fingerprint density at radius 1 is 0.811 bits per heavy atom. The first-order valence-corrected chi connectivity index (χ1v) is 15.0. The van der Waals surface area contributed by atoms with Gasteiger partial charge < -0.3 is 5.32 Å². The highest BCUT2D eigenvalue weighted by atomic mass is 16.2. The Morgan fingerprint density at radius 2 is 1.38 bits per heavy atom. The van der Waals surface area contributed by atoms with Crippen molar-refractivity contribution < 1.29 is 4.79 Å². The minimum atomic E-state index is 0.152. The Hall–Kier alpha value is -2.17. The molecule has 5 aliphatic rings. The third kappa shape index (κ3) is 5.25. The number of piperidine rings is 2. The van der Waals surface area contributed by atoms with Crippen LogP contribution in [0.2, 0.25) is 0 Å². The molecule has 0 aromatic heterocycles. The van der Waals surface area contributed by atoms with E-state index >= 15 is 0 Å². The molecule has 2 aromatic rings. The zero-order chi connectivity index (χ0) is 25.2. The van der Waals surface area contributed by atoms with Crippen molar-refractivity contribution in [3.63, 3.8) is 0 Å². The molecule has 5 fully saturated rings. The quantitative estimate of drug-likeness (QED) is 0.545. The molecule has 0 spiro atoms. The maximum absolute atomic E-state index is 13.5. The van der Waals surface area contributed by atoms with Crippen LogP contribution in [0.4, 0.5) is 0 Å². The van der Waals surface area contributed by atoms with E-state index < -0.39 is 0 Å². The number of fused-ring (bicyclic) bond motifs is 3. The molecule has 0 radical (unpaired) electrons. The molecule has 2 aliphatic heterocycles. The van der Waals surface area contributed by atoms with E-state index in [9.17, 15) is 4.79 Å². The largest absolute Gasteiger partial charge is 0.352 e. The van der Waals surface area contributed by atoms with Crippen LogP contribution in [0, 0.1) is 11.8 Å². The van der Waals surface area contributed by atoms with E-state index in [2.05, 4.69) is 82.7 Å². The molecule has 1 N–H and O–H groups in total. The molecular formula is C33H45N3O. The van der Waals surface area contributed by atoms with Crippen molar-refractivity contribution in [3.8, 4) is 0 Å². The van der Waals surface area contributed by atoms with Gasteiger partial charge in [0.2, 0.25) is 5.91 Å². The average Bonchev–Trinajstić information content (AvgIpc) is 2.94. The van der Waals surface area contributed by atoms with Gasteiger partial charge in [0, 0.05) is 11.6 Å². The van der Waals surface area contributed by atoms with Crippen LogP contribution in [-0.4, -0.2) is 60.0 Å². The van der Waals surface area contributed by atoms with Crippen molar-refractivity contribution in [2.24, 2.45) is 11.8 Å². The third-order valence-electron chi connectivity index (χ3n) is 10.3. The fourth-order valence-electron chi connectivity index (χ4n) is 8.40. The summed E-state index contributed by atoms with van der Waals surface area (Å²) in [5, 5.41) is 3.66. The van der Waals surface area contributed by atoms with Gasteiger partial charge in [0.25, 0.3) is 0 Å². The molecule has 0 unspecified atom stereocenters. The molecular weight excluding hydrogens is 454 g/mol. The predicted molar refractivity (Wildman–Crippen MR) is 151 cm³/mol. The third-order valence-corrected chi connectivity index (χ3v) is 10.3. The molecule has 4 nitrogen and oxygen atoms in total. The summed E-state index contributed by atoms with van der Waals surface area (Å²) in [6, 6.07) is 22.7. The number of likely N-dealkylation sites (tertiary alicyclic amines) is 2. The summed E-state index contributed by atoms with van der Waals surface area (Å²) < 4.78 is 0. The van der Waals surface area contributed by atoms with Crippen LogP contribution in [0.1, 0.15) is 81.3 Å². The molecule has 2 bridgehead atoms. The van der Waals surface area contributed by atoms with Crippen LogP contribution in [-0.2, 0) is 4.79 Å². The summed E-state index contributed by atoms with van der Waals surface area (Å²) in [7, 11) is 0. The zero-order valence-electron chi connectivity index (χ0n) is 22.7. The number of nitrogens with one attached hydrogen (secondary N) is 1. The maximum atomic E-state index is 13.5. The van der Waals surface area contributed by atoms with Crippen LogP contribution < -0.4 is 5.32 Å². The van der Waals surface area contributed by atoms with Gasteiger partial charge in [-0.05, 0) is 106 Å². The summed E-state index contributed by atoms with van der Waals surface area (Å²) in [5.74, 6) is 2.42. The summed E-state index contributed by atoms with van der Waals surface area (Å²) in [6.45, 7) is 7.50. The number of nitrogens with zero attached hydrogens (tertiary/aromatic N) is 2. The summed E-state index contributed by atoms with van der Waals surface area (Å²) in [4.78, 5) is 18.7. The molecule has 2 aromatic carbocycles. The number of amides is 1. The topological polar surface area (TPSA) is 35.6 Å². The van der Waals surface area contributed by atoms with Gasteiger partial charge in [-0.2, -0.15) is 0 Å². The van der Waals surface area contributed by atoms with E-state index in [1.807, 2.05) is 0 Å². The van der Waals surface area contributed by atoms with Crippen molar-refractivity contribution in [2.45, 2.75) is 81.7 Å². The standard InChI is InChI=1S/C33H45N3O/c1-25-15-19-36(20-16-25)33-21-28(26-11-5-2-6-12-26)32(29(22-33)27-13-7-3-8-14-27)30(23-33)34-31(37)24-35-17-9-4-10-18-35/h2-3,5-8,11-14,25,28-30,32H,4,9-10,15-24H2,1H3,(H,34,37)/t28-,29-,30-,32?,33?/m0/s1. The highest BCUT2D eigenvalue weighted by molar-refractivity contribution is 5.78. The Kier molecular flexibility index (Phi) is 7.40. The number of benzene rings is 2. The van der Waals surface area contributed by atoms with E-state index in [1.165, 1.54) is 69.2 Å². The first-order chi connectivity index (χ1) is 18.1. The van der Waals surface area contributed by atoms with Crippen molar-refractivity contribution in [2.75, 3.05) is 32.7 Å². The fourth-order valence-corrected chi connectivity index (χ4v) is 8.40. The Bertz CT molecular complexity index is 977. The van der Waals surface area contributed by atoms with Crippen LogP contribution in [0.3, 0.4) is 0 Å². The normalized spacial score (nSPS) is 33.3. The maximum Gasteiger partial charge on any atom is 0.234 e. The summed E-state index contributed by atoms with van der Waals surface area (Å²) >= 11 is 0. The SMILES string of the molecule is CC1CCN(C23C[C@H](NC(=O)CN4CCCCC4)C([C@H](c4ccccc4)C2)[C@H](c2ccccc2)C3)CC1. The highest BCUT2D eigenvalue weighted by Crippen LogP contribution is 2.60. The van der Waals surface area contributed by atoms with Gasteiger partial charge in [-0.25, -0.2) is 0 Å². The Balaban J connectivity index is 1.35. The number of hydrogen-bond donors (Lipinski definition) is 1. The van der Waals surface area contributed by atoms with Gasteiger partial charge in [0.1, 0.15) is 0 Å². The number of carbonyl (C=O) groups is 1. The lowest BCUT2D eigenvalue weighted by Gasteiger charge is -2.63. The first-order valence-electron chi connectivity index (χ1n) is 15.0. The lowest BCUT2D eigenvalue weighted by Crippen LogP contribution is -2.66. The molecule has 2 saturated heterocycles. The smallest absolute Gasteiger partial charge is 0.234 e. The fraction of sp³-hybridized carbons (Fsp3) is 0.606. The van der Waals surface area contributed by atoms with Crippen LogP contribution in [0.15, 0.2) is 60.7 Å².